The number of hydrogen-bond acceptors (Lipinski definition) is 4. The van der Waals surface area contributed by atoms with Crippen LogP contribution in [0, 0.1) is 0 Å². The average Bonchev–Trinajstić information content (AvgIpc) is 2.50. The van der Waals surface area contributed by atoms with Gasteiger partial charge in [-0.15, -0.1) is 0 Å². The summed E-state index contributed by atoms with van der Waals surface area (Å²) in [6.07, 6.45) is 4.64. The van der Waals surface area contributed by atoms with Crippen LogP contribution in [0.25, 0.3) is 0 Å². The van der Waals surface area contributed by atoms with E-state index in [2.05, 4.69) is 10.6 Å². The number of aliphatic hydroxyl groups is 1. The molecule has 0 spiro atoms. The minimum atomic E-state index is -0.474. The normalized spacial score (nSPS) is 25.6. The lowest BCUT2D eigenvalue weighted by Gasteiger charge is -2.26. The fourth-order valence-corrected chi connectivity index (χ4v) is 2.46. The van der Waals surface area contributed by atoms with Gasteiger partial charge in [-0.3, -0.25) is 0 Å². The molecule has 0 heterocycles. The molecule has 0 bridgehead atoms. The molecule has 0 saturated heterocycles. The number of alkyl carbamates (subject to hydrolysis) is 1. The number of aliphatic hydroxyl groups excluding tert-OH is 1. The van der Waals surface area contributed by atoms with Crippen molar-refractivity contribution >= 4 is 6.09 Å². The summed E-state index contributed by atoms with van der Waals surface area (Å²) in [5.74, 6) is 0. The Hall–Kier alpha value is -0.810. The number of amides is 1. The predicted octanol–water partition coefficient (Wildman–Crippen LogP) is 2.18. The van der Waals surface area contributed by atoms with Crippen LogP contribution in [0.4, 0.5) is 4.79 Å². The average molecular weight is 286 g/mol. The van der Waals surface area contributed by atoms with Crippen molar-refractivity contribution in [1.29, 1.82) is 0 Å². The van der Waals surface area contributed by atoms with Crippen molar-refractivity contribution in [3.05, 3.63) is 0 Å². The van der Waals surface area contributed by atoms with Gasteiger partial charge in [-0.2, -0.15) is 0 Å². The van der Waals surface area contributed by atoms with E-state index in [9.17, 15) is 9.90 Å². The molecule has 1 aliphatic rings. The number of ether oxygens (including phenoxy) is 1. The molecule has 0 aromatic carbocycles. The van der Waals surface area contributed by atoms with Crippen LogP contribution in [0.15, 0.2) is 0 Å². The van der Waals surface area contributed by atoms with Crippen LogP contribution in [0.2, 0.25) is 0 Å². The van der Waals surface area contributed by atoms with Gasteiger partial charge in [0.05, 0.1) is 6.10 Å². The Bertz CT molecular complexity index is 302. The van der Waals surface area contributed by atoms with E-state index in [1.54, 1.807) is 0 Å². The number of rotatable bonds is 4. The molecule has 1 aliphatic carbocycles. The fraction of sp³-hybridized carbons (Fsp3) is 0.933. The molecule has 0 radical (unpaired) electrons. The molecule has 1 rings (SSSR count). The predicted molar refractivity (Wildman–Crippen MR) is 79.7 cm³/mol. The smallest absolute Gasteiger partial charge is 0.407 e. The SMILES string of the molecule is CC(CNC(=O)OC(C)(C)C)NC1CCCCCC1O. The molecule has 0 aliphatic heterocycles. The quantitative estimate of drug-likeness (QED) is 0.693. The molecule has 1 amide bonds. The first-order valence-electron chi connectivity index (χ1n) is 7.69. The van der Waals surface area contributed by atoms with E-state index in [1.165, 1.54) is 6.42 Å². The highest BCUT2D eigenvalue weighted by atomic mass is 16.6. The van der Waals surface area contributed by atoms with E-state index in [0.29, 0.717) is 6.54 Å². The summed E-state index contributed by atoms with van der Waals surface area (Å²) in [7, 11) is 0. The van der Waals surface area contributed by atoms with Crippen LogP contribution in [0.1, 0.15) is 59.8 Å². The first kappa shape index (κ1) is 17.2. The molecule has 3 atom stereocenters. The second kappa shape index (κ2) is 7.84. The monoisotopic (exact) mass is 286 g/mol. The van der Waals surface area contributed by atoms with E-state index < -0.39 is 11.7 Å². The number of carbonyl (C=O) groups is 1. The van der Waals surface area contributed by atoms with Crippen molar-refractivity contribution in [2.24, 2.45) is 0 Å². The molecule has 5 heteroatoms. The maximum Gasteiger partial charge on any atom is 0.407 e. The van der Waals surface area contributed by atoms with Crippen molar-refractivity contribution < 1.29 is 14.6 Å². The van der Waals surface area contributed by atoms with Crippen LogP contribution in [0.3, 0.4) is 0 Å². The zero-order valence-electron chi connectivity index (χ0n) is 13.2. The molecule has 0 aromatic heterocycles. The van der Waals surface area contributed by atoms with Crippen LogP contribution < -0.4 is 10.6 Å². The molecule has 3 N–H and O–H groups in total. The summed E-state index contributed by atoms with van der Waals surface area (Å²) in [4.78, 5) is 11.6. The van der Waals surface area contributed by atoms with Crippen molar-refractivity contribution in [1.82, 2.24) is 10.6 Å². The molecule has 1 saturated carbocycles. The molecule has 0 aromatic rings. The maximum absolute atomic E-state index is 11.6. The standard InChI is InChI=1S/C15H30N2O3/c1-11(10-16-14(19)20-15(2,3)4)17-12-8-6-5-7-9-13(12)18/h11-13,17-18H,5-10H2,1-4H3,(H,16,19). The van der Waals surface area contributed by atoms with Crippen LogP contribution in [-0.4, -0.2) is 41.5 Å². The van der Waals surface area contributed by atoms with Gasteiger partial charge in [0, 0.05) is 18.6 Å². The fourth-order valence-electron chi connectivity index (χ4n) is 2.46. The van der Waals surface area contributed by atoms with Gasteiger partial charge < -0.3 is 20.5 Å². The summed E-state index contributed by atoms with van der Waals surface area (Å²) in [5, 5.41) is 16.2. The zero-order valence-corrected chi connectivity index (χ0v) is 13.2. The van der Waals surface area contributed by atoms with Gasteiger partial charge in [0.25, 0.3) is 0 Å². The van der Waals surface area contributed by atoms with Gasteiger partial charge in [-0.05, 0) is 40.5 Å². The molecule has 3 unspecified atom stereocenters. The molecular weight excluding hydrogens is 256 g/mol. The number of hydrogen-bond donors (Lipinski definition) is 3. The third kappa shape index (κ3) is 7.10. The maximum atomic E-state index is 11.6. The van der Waals surface area contributed by atoms with Gasteiger partial charge >= 0.3 is 6.09 Å². The van der Waals surface area contributed by atoms with Gasteiger partial charge in [-0.1, -0.05) is 19.3 Å². The van der Waals surface area contributed by atoms with Crippen LogP contribution in [-0.2, 0) is 4.74 Å². The highest BCUT2D eigenvalue weighted by Crippen LogP contribution is 2.18. The second-order valence-corrected chi connectivity index (χ2v) is 6.76. The van der Waals surface area contributed by atoms with Crippen molar-refractivity contribution in [2.45, 2.75) is 83.6 Å². The van der Waals surface area contributed by atoms with Crippen molar-refractivity contribution in [3.63, 3.8) is 0 Å². The lowest BCUT2D eigenvalue weighted by Crippen LogP contribution is -2.48. The molecular formula is C15H30N2O3. The summed E-state index contributed by atoms with van der Waals surface area (Å²) in [6, 6.07) is 0.244. The zero-order chi connectivity index (χ0) is 15.2. The Kier molecular flexibility index (Phi) is 6.76. The molecule has 20 heavy (non-hydrogen) atoms. The van der Waals surface area contributed by atoms with Crippen LogP contribution >= 0.6 is 0 Å². The van der Waals surface area contributed by atoms with Gasteiger partial charge in [0.2, 0.25) is 0 Å². The Labute approximate surface area is 122 Å². The Morgan fingerprint density at radius 1 is 1.30 bits per heavy atom. The molecule has 1 fully saturated rings. The Balaban J connectivity index is 2.28. The van der Waals surface area contributed by atoms with Gasteiger partial charge in [0.15, 0.2) is 0 Å². The highest BCUT2D eigenvalue weighted by Gasteiger charge is 2.23. The summed E-state index contributed by atoms with van der Waals surface area (Å²) in [6.45, 7) is 8.04. The molecule has 118 valence electrons. The lowest BCUT2D eigenvalue weighted by molar-refractivity contribution is 0.0519. The van der Waals surface area contributed by atoms with Gasteiger partial charge in [-0.25, -0.2) is 4.79 Å². The second-order valence-electron chi connectivity index (χ2n) is 6.76. The lowest BCUT2D eigenvalue weighted by atomic mass is 10.1. The van der Waals surface area contributed by atoms with Crippen LogP contribution in [0.5, 0.6) is 0 Å². The summed E-state index contributed by atoms with van der Waals surface area (Å²) >= 11 is 0. The van der Waals surface area contributed by atoms with E-state index in [1.807, 2.05) is 27.7 Å². The minimum absolute atomic E-state index is 0.111. The number of carbonyl (C=O) groups excluding carboxylic acids is 1. The topological polar surface area (TPSA) is 70.6 Å². The summed E-state index contributed by atoms with van der Waals surface area (Å²) < 4.78 is 5.19. The van der Waals surface area contributed by atoms with E-state index in [4.69, 9.17) is 4.74 Å². The third-order valence-electron chi connectivity index (χ3n) is 3.43. The number of nitrogens with one attached hydrogen (secondary N) is 2. The van der Waals surface area contributed by atoms with E-state index in [-0.39, 0.29) is 18.2 Å². The third-order valence-corrected chi connectivity index (χ3v) is 3.43. The van der Waals surface area contributed by atoms with E-state index in [0.717, 1.165) is 25.7 Å². The van der Waals surface area contributed by atoms with Crippen molar-refractivity contribution in [2.75, 3.05) is 6.54 Å². The minimum Gasteiger partial charge on any atom is -0.444 e. The Morgan fingerprint density at radius 2 is 1.95 bits per heavy atom. The van der Waals surface area contributed by atoms with Crippen molar-refractivity contribution in [3.8, 4) is 0 Å². The first-order valence-corrected chi connectivity index (χ1v) is 7.69. The Morgan fingerprint density at radius 3 is 2.60 bits per heavy atom. The summed E-state index contributed by atoms with van der Waals surface area (Å²) in [5.41, 5.74) is -0.474. The van der Waals surface area contributed by atoms with Gasteiger partial charge in [0.1, 0.15) is 5.60 Å². The largest absolute Gasteiger partial charge is 0.444 e. The molecule has 5 nitrogen and oxygen atoms in total. The highest BCUT2D eigenvalue weighted by molar-refractivity contribution is 5.67. The van der Waals surface area contributed by atoms with E-state index >= 15 is 0 Å². The first-order chi connectivity index (χ1) is 9.28.